The largest absolute Gasteiger partial charge is 0.573 e. The lowest BCUT2D eigenvalue weighted by Crippen LogP contribution is -2.16. The summed E-state index contributed by atoms with van der Waals surface area (Å²) in [5, 5.41) is 10.1. The average molecular weight is 402 g/mol. The summed E-state index contributed by atoms with van der Waals surface area (Å²) >= 11 is 0. The van der Waals surface area contributed by atoms with Crippen LogP contribution in [-0.4, -0.2) is 11.5 Å². The van der Waals surface area contributed by atoms with Crippen molar-refractivity contribution >= 4 is 0 Å². The Hall–Kier alpha value is -3.15. The highest BCUT2D eigenvalue weighted by Crippen LogP contribution is 2.36. The van der Waals surface area contributed by atoms with Gasteiger partial charge in [0.25, 0.3) is 0 Å². The summed E-state index contributed by atoms with van der Waals surface area (Å²) in [5.74, 6) is 0.488. The van der Waals surface area contributed by atoms with E-state index in [4.69, 9.17) is 4.74 Å². The molecule has 1 N–H and O–H groups in total. The third-order valence-electron chi connectivity index (χ3n) is 4.33. The van der Waals surface area contributed by atoms with Crippen LogP contribution in [0.3, 0.4) is 0 Å². The van der Waals surface area contributed by atoms with Crippen LogP contribution in [0, 0.1) is 0 Å². The minimum Gasteiger partial charge on any atom is -0.504 e. The van der Waals surface area contributed by atoms with Crippen LogP contribution in [0.2, 0.25) is 0 Å². The minimum absolute atomic E-state index is 0.0164. The van der Waals surface area contributed by atoms with Crippen molar-refractivity contribution in [1.29, 1.82) is 0 Å². The van der Waals surface area contributed by atoms with Crippen LogP contribution in [0.4, 0.5) is 13.2 Å². The third kappa shape index (κ3) is 5.44. The summed E-state index contributed by atoms with van der Waals surface area (Å²) in [6.45, 7) is 6.34. The van der Waals surface area contributed by atoms with Crippen LogP contribution >= 0.6 is 0 Å². The summed E-state index contributed by atoms with van der Waals surface area (Å²) in [4.78, 5) is 0. The predicted molar refractivity (Wildman–Crippen MR) is 105 cm³/mol. The molecule has 0 aromatic heterocycles. The van der Waals surface area contributed by atoms with Gasteiger partial charge in [0.1, 0.15) is 11.5 Å². The monoisotopic (exact) mass is 402 g/mol. The molecule has 0 aliphatic carbocycles. The molecule has 0 aliphatic heterocycles. The number of halogens is 3. The molecule has 3 rings (SSSR count). The van der Waals surface area contributed by atoms with E-state index in [9.17, 15) is 18.3 Å². The first-order valence-electron chi connectivity index (χ1n) is 8.99. The third-order valence-corrected chi connectivity index (χ3v) is 4.33. The molecule has 0 amide bonds. The van der Waals surface area contributed by atoms with Crippen molar-refractivity contribution < 1.29 is 27.8 Å². The Kier molecular flexibility index (Phi) is 5.46. The Morgan fingerprint density at radius 1 is 0.724 bits per heavy atom. The highest BCUT2D eigenvalue weighted by atomic mass is 19.4. The van der Waals surface area contributed by atoms with Gasteiger partial charge in [-0.1, -0.05) is 51.1 Å². The molecule has 0 heterocycles. The maximum absolute atomic E-state index is 12.3. The van der Waals surface area contributed by atoms with E-state index in [0.717, 1.165) is 5.56 Å². The van der Waals surface area contributed by atoms with Crippen LogP contribution in [-0.2, 0) is 5.41 Å². The van der Waals surface area contributed by atoms with Gasteiger partial charge in [0.2, 0.25) is 0 Å². The Morgan fingerprint density at radius 3 is 1.83 bits per heavy atom. The highest BCUT2D eigenvalue weighted by Gasteiger charge is 2.31. The van der Waals surface area contributed by atoms with Gasteiger partial charge in [0.05, 0.1) is 0 Å². The molecule has 29 heavy (non-hydrogen) atoms. The maximum atomic E-state index is 12.3. The predicted octanol–water partition coefficient (Wildman–Crippen LogP) is 7.05. The summed E-state index contributed by atoms with van der Waals surface area (Å²) in [7, 11) is 0. The zero-order chi connectivity index (χ0) is 21.2. The van der Waals surface area contributed by atoms with E-state index in [2.05, 4.69) is 25.5 Å². The zero-order valence-electron chi connectivity index (χ0n) is 16.2. The van der Waals surface area contributed by atoms with Crippen molar-refractivity contribution in [2.75, 3.05) is 0 Å². The van der Waals surface area contributed by atoms with E-state index in [0.29, 0.717) is 16.9 Å². The fourth-order valence-electron chi connectivity index (χ4n) is 2.77. The molecule has 3 aromatic carbocycles. The molecule has 0 fully saturated rings. The van der Waals surface area contributed by atoms with E-state index in [1.807, 2.05) is 24.3 Å². The molecule has 0 atom stereocenters. The van der Waals surface area contributed by atoms with Crippen molar-refractivity contribution in [2.24, 2.45) is 0 Å². The van der Waals surface area contributed by atoms with Gasteiger partial charge in [0, 0.05) is 0 Å². The number of benzene rings is 3. The number of rotatable bonds is 4. The Balaban J connectivity index is 1.81. The van der Waals surface area contributed by atoms with Gasteiger partial charge in [-0.05, 0) is 58.5 Å². The van der Waals surface area contributed by atoms with Gasteiger partial charge in [-0.2, -0.15) is 0 Å². The molecule has 152 valence electrons. The minimum atomic E-state index is -4.73. The SMILES string of the molecule is CC(C)(C)c1ccc(Oc2cc(-c3ccc(OC(F)(F)F)cc3)ccc2O)cc1. The molecule has 0 aliphatic rings. The summed E-state index contributed by atoms with van der Waals surface area (Å²) in [6, 6.07) is 17.9. The van der Waals surface area contributed by atoms with Crippen LogP contribution in [0.1, 0.15) is 26.3 Å². The fraction of sp³-hybridized carbons (Fsp3) is 0.217. The molecule has 0 radical (unpaired) electrons. The normalized spacial score (nSPS) is 11.9. The number of phenolic OH excluding ortho intramolecular Hbond substituents is 1. The van der Waals surface area contributed by atoms with Crippen molar-refractivity contribution in [1.82, 2.24) is 0 Å². The summed E-state index contributed by atoms with van der Waals surface area (Å²) < 4.78 is 46.6. The number of hydrogen-bond acceptors (Lipinski definition) is 3. The first kappa shape index (κ1) is 20.6. The second kappa shape index (κ2) is 7.70. The first-order chi connectivity index (χ1) is 13.5. The zero-order valence-corrected chi connectivity index (χ0v) is 16.2. The molecule has 0 unspecified atom stereocenters. The molecule has 0 saturated carbocycles. The number of hydrogen-bond donors (Lipinski definition) is 1. The Morgan fingerprint density at radius 2 is 1.28 bits per heavy atom. The van der Waals surface area contributed by atoms with Crippen LogP contribution < -0.4 is 9.47 Å². The van der Waals surface area contributed by atoms with Gasteiger partial charge < -0.3 is 14.6 Å². The van der Waals surface area contributed by atoms with Crippen molar-refractivity contribution in [3.63, 3.8) is 0 Å². The second-order valence-electron chi connectivity index (χ2n) is 7.63. The summed E-state index contributed by atoms with van der Waals surface area (Å²) in [6.07, 6.45) is -4.73. The molecule has 0 saturated heterocycles. The van der Waals surface area contributed by atoms with Crippen molar-refractivity contribution in [2.45, 2.75) is 32.5 Å². The van der Waals surface area contributed by atoms with Gasteiger partial charge >= 0.3 is 6.36 Å². The van der Waals surface area contributed by atoms with Gasteiger partial charge in [-0.25, -0.2) is 0 Å². The average Bonchev–Trinajstić information content (AvgIpc) is 2.63. The van der Waals surface area contributed by atoms with Crippen molar-refractivity contribution in [3.8, 4) is 34.1 Å². The second-order valence-corrected chi connectivity index (χ2v) is 7.63. The molecule has 6 heteroatoms. The standard InChI is InChI=1S/C23H21F3O3/c1-22(2,3)17-7-11-18(12-8-17)28-21-14-16(6-13-20(21)27)15-4-9-19(10-5-15)29-23(24,25)26/h4-14,27H,1-3H3. The van der Waals surface area contributed by atoms with E-state index < -0.39 is 6.36 Å². The molecular formula is C23H21F3O3. The van der Waals surface area contributed by atoms with Crippen LogP contribution in [0.15, 0.2) is 66.7 Å². The van der Waals surface area contributed by atoms with E-state index in [1.165, 1.54) is 30.3 Å². The first-order valence-corrected chi connectivity index (χ1v) is 8.99. The lowest BCUT2D eigenvalue weighted by Gasteiger charge is -2.19. The molecule has 3 nitrogen and oxygen atoms in total. The van der Waals surface area contributed by atoms with E-state index in [-0.39, 0.29) is 22.7 Å². The number of aromatic hydroxyl groups is 1. The van der Waals surface area contributed by atoms with Gasteiger partial charge in [0.15, 0.2) is 11.5 Å². The lowest BCUT2D eigenvalue weighted by molar-refractivity contribution is -0.274. The van der Waals surface area contributed by atoms with Crippen molar-refractivity contribution in [3.05, 3.63) is 72.3 Å². The number of alkyl halides is 3. The highest BCUT2D eigenvalue weighted by molar-refractivity contribution is 5.68. The lowest BCUT2D eigenvalue weighted by atomic mass is 9.87. The van der Waals surface area contributed by atoms with Gasteiger partial charge in [-0.15, -0.1) is 13.2 Å². The Bertz CT molecular complexity index is 970. The fourth-order valence-corrected chi connectivity index (χ4v) is 2.77. The topological polar surface area (TPSA) is 38.7 Å². The maximum Gasteiger partial charge on any atom is 0.573 e. The van der Waals surface area contributed by atoms with Gasteiger partial charge in [-0.3, -0.25) is 0 Å². The number of ether oxygens (including phenoxy) is 2. The molecule has 0 bridgehead atoms. The molecule has 3 aromatic rings. The number of phenols is 1. The Labute approximate surface area is 167 Å². The smallest absolute Gasteiger partial charge is 0.504 e. The van der Waals surface area contributed by atoms with Crippen LogP contribution in [0.25, 0.3) is 11.1 Å². The van der Waals surface area contributed by atoms with E-state index in [1.54, 1.807) is 12.1 Å². The van der Waals surface area contributed by atoms with Crippen LogP contribution in [0.5, 0.6) is 23.0 Å². The molecule has 0 spiro atoms. The summed E-state index contributed by atoms with van der Waals surface area (Å²) in [5.41, 5.74) is 2.52. The van der Waals surface area contributed by atoms with E-state index >= 15 is 0 Å². The molecular weight excluding hydrogens is 381 g/mol. The quantitative estimate of drug-likeness (QED) is 0.508.